The average Bonchev–Trinajstić information content (AvgIpc) is 3.53. The minimum atomic E-state index is -0.255. The van der Waals surface area contributed by atoms with Crippen molar-refractivity contribution in [1.29, 1.82) is 0 Å². The van der Waals surface area contributed by atoms with Crippen LogP contribution >= 0.6 is 11.3 Å². The molecule has 4 rings (SSSR count). The van der Waals surface area contributed by atoms with Crippen LogP contribution < -0.4 is 5.32 Å². The smallest absolute Gasteiger partial charge is 0.259 e. The Kier molecular flexibility index (Phi) is 6.12. The molecule has 4 heterocycles. The van der Waals surface area contributed by atoms with Crippen LogP contribution in [0.4, 0.5) is 5.13 Å². The van der Waals surface area contributed by atoms with Gasteiger partial charge in [0, 0.05) is 43.6 Å². The number of thiazole rings is 1. The number of carbonyl (C=O) groups excluding carboxylic acids is 2. The summed E-state index contributed by atoms with van der Waals surface area (Å²) in [4.78, 5) is 39.7. The van der Waals surface area contributed by atoms with E-state index in [0.717, 1.165) is 18.5 Å². The monoisotopic (exact) mass is 426 g/mol. The molecule has 0 spiro atoms. The summed E-state index contributed by atoms with van der Waals surface area (Å²) in [6, 6.07) is 3.47. The summed E-state index contributed by atoms with van der Waals surface area (Å²) >= 11 is 1.36. The Morgan fingerprint density at radius 2 is 2.23 bits per heavy atom. The van der Waals surface area contributed by atoms with Gasteiger partial charge in [-0.25, -0.2) is 4.98 Å². The average molecular weight is 427 g/mol. The second-order valence-corrected chi connectivity index (χ2v) is 7.86. The van der Waals surface area contributed by atoms with Crippen molar-refractivity contribution >= 4 is 28.3 Å². The number of amides is 2. The normalized spacial score (nSPS) is 16.0. The Hall–Kier alpha value is -3.14. The van der Waals surface area contributed by atoms with Gasteiger partial charge in [0.05, 0.1) is 17.3 Å². The van der Waals surface area contributed by atoms with Crippen molar-refractivity contribution < 1.29 is 14.1 Å². The summed E-state index contributed by atoms with van der Waals surface area (Å²) in [5.74, 6) is 0.930. The molecule has 3 aromatic heterocycles. The molecule has 1 N–H and O–H groups in total. The van der Waals surface area contributed by atoms with Crippen LogP contribution in [-0.4, -0.2) is 43.4 Å². The molecule has 0 unspecified atom stereocenters. The lowest BCUT2D eigenvalue weighted by Gasteiger charge is -2.24. The zero-order valence-electron chi connectivity index (χ0n) is 16.6. The van der Waals surface area contributed by atoms with E-state index in [0.29, 0.717) is 48.2 Å². The number of anilines is 1. The first kappa shape index (κ1) is 20.1. The van der Waals surface area contributed by atoms with Crippen LogP contribution in [0.25, 0.3) is 0 Å². The minimum absolute atomic E-state index is 0.0427. The Bertz CT molecular complexity index is 1000. The number of hydrogen-bond donors (Lipinski definition) is 1. The van der Waals surface area contributed by atoms with Crippen molar-refractivity contribution in [2.45, 2.75) is 45.1 Å². The molecular weight excluding hydrogens is 404 g/mol. The number of rotatable bonds is 7. The van der Waals surface area contributed by atoms with E-state index in [1.54, 1.807) is 23.8 Å². The van der Waals surface area contributed by atoms with Gasteiger partial charge in [-0.3, -0.25) is 19.9 Å². The van der Waals surface area contributed by atoms with Crippen molar-refractivity contribution in [2.24, 2.45) is 0 Å². The van der Waals surface area contributed by atoms with E-state index in [2.05, 4.69) is 25.4 Å². The third-order valence-electron chi connectivity index (χ3n) is 4.99. The molecule has 9 nitrogen and oxygen atoms in total. The maximum Gasteiger partial charge on any atom is 0.259 e. The first-order chi connectivity index (χ1) is 14.6. The van der Waals surface area contributed by atoms with Gasteiger partial charge >= 0.3 is 0 Å². The molecular formula is C20H22N6O3S. The van der Waals surface area contributed by atoms with Crippen molar-refractivity contribution in [3.05, 3.63) is 52.9 Å². The Morgan fingerprint density at radius 1 is 1.33 bits per heavy atom. The van der Waals surface area contributed by atoms with Crippen LogP contribution in [0.5, 0.6) is 0 Å². The van der Waals surface area contributed by atoms with Crippen LogP contribution in [0.2, 0.25) is 0 Å². The molecule has 30 heavy (non-hydrogen) atoms. The fraction of sp³-hybridized carbons (Fsp3) is 0.400. The Morgan fingerprint density at radius 3 is 2.93 bits per heavy atom. The molecule has 1 fully saturated rings. The number of hydrogen-bond acceptors (Lipinski definition) is 8. The molecule has 10 heteroatoms. The molecule has 1 saturated heterocycles. The van der Waals surface area contributed by atoms with Crippen molar-refractivity contribution in [1.82, 2.24) is 25.0 Å². The lowest BCUT2D eigenvalue weighted by Crippen LogP contribution is -2.31. The molecule has 0 aliphatic carbocycles. The van der Waals surface area contributed by atoms with Gasteiger partial charge in [0.25, 0.3) is 5.91 Å². The summed E-state index contributed by atoms with van der Waals surface area (Å²) in [6.45, 7) is 2.65. The molecule has 2 amide bonds. The quantitative estimate of drug-likeness (QED) is 0.617. The van der Waals surface area contributed by atoms with Gasteiger partial charge in [-0.1, -0.05) is 12.1 Å². The van der Waals surface area contributed by atoms with Crippen molar-refractivity contribution in [2.75, 3.05) is 11.9 Å². The molecule has 1 aliphatic rings. The van der Waals surface area contributed by atoms with E-state index in [-0.39, 0.29) is 17.9 Å². The lowest BCUT2D eigenvalue weighted by atomic mass is 10.1. The van der Waals surface area contributed by atoms with Crippen LogP contribution in [-0.2, 0) is 17.6 Å². The molecule has 1 atom stereocenters. The summed E-state index contributed by atoms with van der Waals surface area (Å²) < 4.78 is 5.17. The van der Waals surface area contributed by atoms with E-state index < -0.39 is 0 Å². The predicted octanol–water partition coefficient (Wildman–Crippen LogP) is 3.03. The first-order valence-corrected chi connectivity index (χ1v) is 10.8. The van der Waals surface area contributed by atoms with E-state index in [4.69, 9.17) is 4.52 Å². The summed E-state index contributed by atoms with van der Waals surface area (Å²) in [6.07, 6.45) is 6.40. The topological polar surface area (TPSA) is 114 Å². The fourth-order valence-electron chi connectivity index (χ4n) is 3.46. The van der Waals surface area contributed by atoms with E-state index in [9.17, 15) is 9.59 Å². The molecule has 0 bridgehead atoms. The zero-order chi connectivity index (χ0) is 20.9. The summed E-state index contributed by atoms with van der Waals surface area (Å²) in [5, 5.41) is 8.94. The summed E-state index contributed by atoms with van der Waals surface area (Å²) in [5.41, 5.74) is 1.24. The van der Waals surface area contributed by atoms with Gasteiger partial charge in [0.15, 0.2) is 11.0 Å². The first-order valence-electron chi connectivity index (χ1n) is 9.91. The van der Waals surface area contributed by atoms with Crippen molar-refractivity contribution in [3.63, 3.8) is 0 Å². The number of carbonyl (C=O) groups is 2. The van der Waals surface area contributed by atoms with Crippen LogP contribution in [0, 0.1) is 0 Å². The highest BCUT2D eigenvalue weighted by Gasteiger charge is 2.31. The zero-order valence-corrected chi connectivity index (χ0v) is 17.4. The van der Waals surface area contributed by atoms with Crippen LogP contribution in [0.15, 0.2) is 34.4 Å². The van der Waals surface area contributed by atoms with E-state index in [1.165, 1.54) is 11.3 Å². The van der Waals surface area contributed by atoms with Gasteiger partial charge in [-0.2, -0.15) is 4.98 Å². The van der Waals surface area contributed by atoms with Gasteiger partial charge in [-0.05, 0) is 25.0 Å². The van der Waals surface area contributed by atoms with Gasteiger partial charge in [0.1, 0.15) is 0 Å². The SMILES string of the molecule is CCc1noc(CCC(=O)N2CCC[C@@H]2c2ccc(C(=O)Nc3nccs3)cn2)n1. The second-order valence-electron chi connectivity index (χ2n) is 6.97. The molecule has 0 aromatic carbocycles. The lowest BCUT2D eigenvalue weighted by molar-refractivity contribution is -0.132. The maximum atomic E-state index is 12.8. The maximum absolute atomic E-state index is 12.8. The molecule has 0 saturated carbocycles. The highest BCUT2D eigenvalue weighted by Crippen LogP contribution is 2.31. The molecule has 0 radical (unpaired) electrons. The van der Waals surface area contributed by atoms with Gasteiger partial charge in [-0.15, -0.1) is 11.3 Å². The molecule has 3 aromatic rings. The summed E-state index contributed by atoms with van der Waals surface area (Å²) in [7, 11) is 0. The van der Waals surface area contributed by atoms with Crippen LogP contribution in [0.3, 0.4) is 0 Å². The van der Waals surface area contributed by atoms with E-state index >= 15 is 0 Å². The predicted molar refractivity (Wildman–Crippen MR) is 110 cm³/mol. The minimum Gasteiger partial charge on any atom is -0.339 e. The van der Waals surface area contributed by atoms with E-state index in [1.807, 2.05) is 17.9 Å². The molecule has 1 aliphatic heterocycles. The largest absolute Gasteiger partial charge is 0.339 e. The number of likely N-dealkylation sites (tertiary alicyclic amines) is 1. The van der Waals surface area contributed by atoms with Gasteiger partial charge in [0.2, 0.25) is 11.8 Å². The number of nitrogens with zero attached hydrogens (tertiary/aromatic N) is 5. The third-order valence-corrected chi connectivity index (χ3v) is 5.68. The highest BCUT2D eigenvalue weighted by atomic mass is 32.1. The van der Waals surface area contributed by atoms with Crippen molar-refractivity contribution in [3.8, 4) is 0 Å². The molecule has 156 valence electrons. The van der Waals surface area contributed by atoms with Gasteiger partial charge < -0.3 is 9.42 Å². The highest BCUT2D eigenvalue weighted by molar-refractivity contribution is 7.13. The Balaban J connectivity index is 1.37. The number of nitrogens with one attached hydrogen (secondary N) is 1. The third kappa shape index (κ3) is 4.54. The standard InChI is InChI=1S/C20H22N6O3S/c1-2-16-23-17(29-25-16)7-8-18(27)26-10-3-4-15(26)14-6-5-13(12-22-14)19(28)24-20-21-9-11-30-20/h5-6,9,11-12,15H,2-4,7-8,10H2,1H3,(H,21,24,28)/t15-/m1/s1. The second kappa shape index (κ2) is 9.12. The van der Waals surface area contributed by atoms with Crippen LogP contribution in [0.1, 0.15) is 60.0 Å². The Labute approximate surface area is 177 Å². The number of aromatic nitrogens is 4. The fourth-order valence-corrected chi connectivity index (χ4v) is 3.98. The number of aryl methyl sites for hydroxylation is 2. The number of pyridine rings is 1.